The van der Waals surface area contributed by atoms with E-state index in [9.17, 15) is 4.79 Å². The number of benzene rings is 1. The van der Waals surface area contributed by atoms with Gasteiger partial charge in [-0.2, -0.15) is 0 Å². The van der Waals surface area contributed by atoms with E-state index in [1.165, 1.54) is 0 Å². The molecule has 1 aromatic carbocycles. The Morgan fingerprint density at radius 1 is 1.21 bits per heavy atom. The molecule has 2 aromatic rings. The molecule has 2 heterocycles. The highest BCUT2D eigenvalue weighted by molar-refractivity contribution is 5.76. The van der Waals surface area contributed by atoms with Gasteiger partial charge in [0.15, 0.2) is 5.82 Å². The first-order valence-corrected chi connectivity index (χ1v) is 9.80. The summed E-state index contributed by atoms with van der Waals surface area (Å²) < 4.78 is 12.9. The molecule has 1 aliphatic heterocycles. The van der Waals surface area contributed by atoms with Gasteiger partial charge >= 0.3 is 0 Å². The molecule has 158 valence electrons. The number of hydrogen-bond acceptors (Lipinski definition) is 7. The molecular weight excluding hydrogens is 372 g/mol. The van der Waals surface area contributed by atoms with Crippen LogP contribution in [0, 0.1) is 5.92 Å². The number of methoxy groups -OCH3 is 2. The number of carbonyl (C=O) groups is 1. The van der Waals surface area contributed by atoms with E-state index in [1.807, 2.05) is 22.9 Å². The standard InChI is InChI=1S/C20H30N6O3/c1-20(2,3)26-19(22-23-24-26)17(25-10-8-13(9-11-25)18(21)27)15-7-6-14(28-4)12-16(15)29-5/h6-7,12-13,17H,8-11H2,1-5H3,(H2,21,27). The largest absolute Gasteiger partial charge is 0.497 e. The molecule has 2 N–H and O–H groups in total. The number of likely N-dealkylation sites (tertiary alicyclic amines) is 1. The van der Waals surface area contributed by atoms with E-state index >= 15 is 0 Å². The summed E-state index contributed by atoms with van der Waals surface area (Å²) in [6.45, 7) is 7.62. The van der Waals surface area contributed by atoms with E-state index in [-0.39, 0.29) is 23.4 Å². The van der Waals surface area contributed by atoms with Gasteiger partial charge in [-0.3, -0.25) is 9.69 Å². The molecule has 29 heavy (non-hydrogen) atoms. The zero-order valence-electron chi connectivity index (χ0n) is 17.8. The second-order valence-electron chi connectivity index (χ2n) is 8.34. The summed E-state index contributed by atoms with van der Waals surface area (Å²) in [6.07, 6.45) is 1.42. The third kappa shape index (κ3) is 4.34. The third-order valence-corrected chi connectivity index (χ3v) is 5.41. The van der Waals surface area contributed by atoms with Crippen molar-refractivity contribution in [2.45, 2.75) is 45.2 Å². The maximum absolute atomic E-state index is 11.6. The lowest BCUT2D eigenvalue weighted by molar-refractivity contribution is -0.123. The molecule has 0 bridgehead atoms. The first-order chi connectivity index (χ1) is 13.8. The van der Waals surface area contributed by atoms with Crippen molar-refractivity contribution < 1.29 is 14.3 Å². The Balaban J connectivity index is 2.07. The Hall–Kier alpha value is -2.68. The molecule has 0 radical (unpaired) electrons. The molecule has 3 rings (SSSR count). The van der Waals surface area contributed by atoms with Crippen molar-refractivity contribution in [1.82, 2.24) is 25.1 Å². The van der Waals surface area contributed by atoms with Crippen LogP contribution in [0.3, 0.4) is 0 Å². The lowest BCUT2D eigenvalue weighted by Crippen LogP contribution is -2.42. The minimum absolute atomic E-state index is 0.0942. The first kappa shape index (κ1) is 21.0. The monoisotopic (exact) mass is 402 g/mol. The van der Waals surface area contributed by atoms with Crippen LogP contribution in [0.25, 0.3) is 0 Å². The van der Waals surface area contributed by atoms with Crippen molar-refractivity contribution >= 4 is 5.91 Å². The maximum Gasteiger partial charge on any atom is 0.220 e. The molecule has 9 heteroatoms. The highest BCUT2D eigenvalue weighted by Crippen LogP contribution is 2.38. The van der Waals surface area contributed by atoms with Crippen LogP contribution < -0.4 is 15.2 Å². The highest BCUT2D eigenvalue weighted by atomic mass is 16.5. The fraction of sp³-hybridized carbons (Fsp3) is 0.600. The van der Waals surface area contributed by atoms with Crippen molar-refractivity contribution in [2.75, 3.05) is 27.3 Å². The number of piperidine rings is 1. The Morgan fingerprint density at radius 3 is 2.45 bits per heavy atom. The lowest BCUT2D eigenvalue weighted by atomic mass is 9.93. The van der Waals surface area contributed by atoms with Gasteiger partial charge in [-0.05, 0) is 69.3 Å². The van der Waals surface area contributed by atoms with E-state index in [0.29, 0.717) is 37.4 Å². The van der Waals surface area contributed by atoms with E-state index < -0.39 is 0 Å². The van der Waals surface area contributed by atoms with Gasteiger partial charge in [0.25, 0.3) is 0 Å². The predicted octanol–water partition coefficient (Wildman–Crippen LogP) is 1.73. The summed E-state index contributed by atoms with van der Waals surface area (Å²) >= 11 is 0. The molecule has 0 aliphatic carbocycles. The van der Waals surface area contributed by atoms with Gasteiger partial charge in [-0.15, -0.1) is 5.10 Å². The van der Waals surface area contributed by atoms with Crippen molar-refractivity contribution in [3.05, 3.63) is 29.6 Å². The molecule has 1 amide bonds. The molecule has 0 spiro atoms. The maximum atomic E-state index is 11.6. The summed E-state index contributed by atoms with van der Waals surface area (Å²) in [6, 6.07) is 5.54. The molecule has 1 aromatic heterocycles. The molecule has 1 atom stereocenters. The Kier molecular flexibility index (Phi) is 6.07. The number of hydrogen-bond donors (Lipinski definition) is 1. The number of aromatic nitrogens is 4. The quantitative estimate of drug-likeness (QED) is 0.784. The normalized spacial score (nSPS) is 17.1. The predicted molar refractivity (Wildman–Crippen MR) is 108 cm³/mol. The SMILES string of the molecule is COc1ccc(C(c2nnnn2C(C)(C)C)N2CCC(C(N)=O)CC2)c(OC)c1. The number of rotatable bonds is 6. The van der Waals surface area contributed by atoms with Gasteiger partial charge in [0.2, 0.25) is 5.91 Å². The smallest absolute Gasteiger partial charge is 0.220 e. The number of tetrazole rings is 1. The second-order valence-corrected chi connectivity index (χ2v) is 8.34. The molecule has 9 nitrogen and oxygen atoms in total. The van der Waals surface area contributed by atoms with E-state index in [4.69, 9.17) is 15.2 Å². The van der Waals surface area contributed by atoms with Crippen LogP contribution in [0.15, 0.2) is 18.2 Å². The van der Waals surface area contributed by atoms with Crippen LogP contribution in [0.4, 0.5) is 0 Å². The number of nitrogens with zero attached hydrogens (tertiary/aromatic N) is 5. The fourth-order valence-electron chi connectivity index (χ4n) is 3.83. The number of nitrogens with two attached hydrogens (primary N) is 1. The van der Waals surface area contributed by atoms with Crippen LogP contribution in [-0.4, -0.2) is 58.3 Å². The fourth-order valence-corrected chi connectivity index (χ4v) is 3.83. The topological polar surface area (TPSA) is 108 Å². The van der Waals surface area contributed by atoms with Crippen LogP contribution in [0.1, 0.15) is 51.0 Å². The first-order valence-electron chi connectivity index (χ1n) is 9.80. The molecule has 0 saturated carbocycles. The van der Waals surface area contributed by atoms with Crippen LogP contribution in [0.2, 0.25) is 0 Å². The van der Waals surface area contributed by atoms with Crippen LogP contribution in [0.5, 0.6) is 11.5 Å². The minimum atomic E-state index is -0.289. The summed E-state index contributed by atoms with van der Waals surface area (Å²) in [5.41, 5.74) is 6.19. The zero-order valence-corrected chi connectivity index (χ0v) is 17.8. The highest BCUT2D eigenvalue weighted by Gasteiger charge is 2.36. The van der Waals surface area contributed by atoms with Gasteiger partial charge in [-0.1, -0.05) is 0 Å². The Morgan fingerprint density at radius 2 is 1.90 bits per heavy atom. The number of primary amides is 1. The van der Waals surface area contributed by atoms with Gasteiger partial charge < -0.3 is 15.2 Å². The van der Waals surface area contributed by atoms with Crippen molar-refractivity contribution in [3.8, 4) is 11.5 Å². The lowest BCUT2D eigenvalue weighted by Gasteiger charge is -2.37. The second kappa shape index (κ2) is 8.36. The number of carbonyl (C=O) groups excluding carboxylic acids is 1. The Bertz CT molecular complexity index is 852. The minimum Gasteiger partial charge on any atom is -0.497 e. The van der Waals surface area contributed by atoms with Crippen molar-refractivity contribution in [2.24, 2.45) is 11.7 Å². The van der Waals surface area contributed by atoms with E-state index in [1.54, 1.807) is 14.2 Å². The summed E-state index contributed by atoms with van der Waals surface area (Å²) in [5, 5.41) is 12.6. The zero-order chi connectivity index (χ0) is 21.2. The van der Waals surface area contributed by atoms with Gasteiger partial charge in [0, 0.05) is 17.5 Å². The van der Waals surface area contributed by atoms with Crippen LogP contribution >= 0.6 is 0 Å². The van der Waals surface area contributed by atoms with Gasteiger partial charge in [-0.25, -0.2) is 4.68 Å². The summed E-state index contributed by atoms with van der Waals surface area (Å²) in [4.78, 5) is 13.9. The van der Waals surface area contributed by atoms with Crippen molar-refractivity contribution in [3.63, 3.8) is 0 Å². The van der Waals surface area contributed by atoms with Crippen LogP contribution in [-0.2, 0) is 10.3 Å². The van der Waals surface area contributed by atoms with Crippen molar-refractivity contribution in [1.29, 1.82) is 0 Å². The molecule has 1 fully saturated rings. The van der Waals surface area contributed by atoms with Gasteiger partial charge in [0.05, 0.1) is 19.8 Å². The summed E-state index contributed by atoms with van der Waals surface area (Å²) in [5.74, 6) is 1.83. The van der Waals surface area contributed by atoms with E-state index in [0.717, 1.165) is 11.4 Å². The molecule has 1 aliphatic rings. The number of amides is 1. The average Bonchev–Trinajstić information content (AvgIpc) is 3.18. The average molecular weight is 402 g/mol. The van der Waals surface area contributed by atoms with Gasteiger partial charge in [0.1, 0.15) is 17.5 Å². The Labute approximate surface area is 171 Å². The van der Waals surface area contributed by atoms with E-state index in [2.05, 4.69) is 41.2 Å². The molecule has 1 unspecified atom stereocenters. The third-order valence-electron chi connectivity index (χ3n) is 5.41. The number of ether oxygens (including phenoxy) is 2. The molecule has 1 saturated heterocycles. The summed E-state index contributed by atoms with van der Waals surface area (Å²) in [7, 11) is 3.27. The molecular formula is C20H30N6O3.